The lowest BCUT2D eigenvalue weighted by Gasteiger charge is -2.13. The molecule has 8 heteroatoms. The van der Waals surface area contributed by atoms with Crippen molar-refractivity contribution in [2.24, 2.45) is 0 Å². The Morgan fingerprint density at radius 1 is 1.28 bits per heavy atom. The number of carbonyl (C=O) groups is 1. The lowest BCUT2D eigenvalue weighted by Crippen LogP contribution is -2.44. The molecule has 0 saturated carbocycles. The SMILES string of the molecule is Cc1ccc(C2CC(NC(=O)c3cccc(OCc4c(C)noc4C)c3)NN2)s1. The summed E-state index contributed by atoms with van der Waals surface area (Å²) in [5.74, 6) is 1.23. The number of aryl methyl sites for hydroxylation is 3. The zero-order valence-electron chi connectivity index (χ0n) is 16.6. The van der Waals surface area contributed by atoms with Gasteiger partial charge in [-0.05, 0) is 51.1 Å². The number of aromatic nitrogens is 1. The van der Waals surface area contributed by atoms with Crippen LogP contribution >= 0.6 is 11.3 Å². The van der Waals surface area contributed by atoms with Crippen molar-refractivity contribution < 1.29 is 14.1 Å². The van der Waals surface area contributed by atoms with Crippen molar-refractivity contribution in [1.82, 2.24) is 21.3 Å². The third-order valence-corrected chi connectivity index (χ3v) is 6.09. The molecule has 4 rings (SSSR count). The summed E-state index contributed by atoms with van der Waals surface area (Å²) in [6.45, 7) is 6.18. The first kappa shape index (κ1) is 19.6. The lowest BCUT2D eigenvalue weighted by molar-refractivity contribution is 0.0932. The van der Waals surface area contributed by atoms with Crippen LogP contribution in [0.3, 0.4) is 0 Å². The summed E-state index contributed by atoms with van der Waals surface area (Å²) < 4.78 is 11.0. The van der Waals surface area contributed by atoms with Gasteiger partial charge in [0.2, 0.25) is 0 Å². The molecule has 1 aromatic carbocycles. The van der Waals surface area contributed by atoms with Crippen LogP contribution in [0.1, 0.15) is 49.6 Å². The monoisotopic (exact) mass is 412 g/mol. The lowest BCUT2D eigenvalue weighted by atomic mass is 10.1. The minimum Gasteiger partial charge on any atom is -0.489 e. The third-order valence-electron chi connectivity index (χ3n) is 4.97. The summed E-state index contributed by atoms with van der Waals surface area (Å²) in [6.07, 6.45) is 0.648. The molecule has 2 unspecified atom stereocenters. The van der Waals surface area contributed by atoms with Crippen molar-refractivity contribution in [3.63, 3.8) is 0 Å². The Hall–Kier alpha value is -2.68. The second kappa shape index (κ2) is 8.36. The second-order valence-corrected chi connectivity index (χ2v) is 8.49. The predicted octanol–water partition coefficient (Wildman–Crippen LogP) is 3.54. The highest BCUT2D eigenvalue weighted by molar-refractivity contribution is 7.12. The highest BCUT2D eigenvalue weighted by Gasteiger charge is 2.27. The summed E-state index contributed by atoms with van der Waals surface area (Å²) in [4.78, 5) is 15.2. The summed E-state index contributed by atoms with van der Waals surface area (Å²) in [6, 6.07) is 11.6. The van der Waals surface area contributed by atoms with Crippen LogP contribution in [0.5, 0.6) is 5.75 Å². The smallest absolute Gasteiger partial charge is 0.252 e. The van der Waals surface area contributed by atoms with Crippen LogP contribution in [-0.2, 0) is 6.61 Å². The number of thiophene rings is 1. The summed E-state index contributed by atoms with van der Waals surface area (Å²) in [5, 5.41) is 6.96. The van der Waals surface area contributed by atoms with Gasteiger partial charge >= 0.3 is 0 Å². The molecule has 1 saturated heterocycles. The Bertz CT molecular complexity index is 994. The largest absolute Gasteiger partial charge is 0.489 e. The van der Waals surface area contributed by atoms with Crippen molar-refractivity contribution >= 4 is 17.2 Å². The molecule has 0 bridgehead atoms. The maximum absolute atomic E-state index is 12.7. The number of nitrogens with zero attached hydrogens (tertiary/aromatic N) is 1. The van der Waals surface area contributed by atoms with Gasteiger partial charge in [-0.2, -0.15) is 0 Å². The quantitative estimate of drug-likeness (QED) is 0.574. The van der Waals surface area contributed by atoms with Crippen molar-refractivity contribution in [3.05, 3.63) is 68.7 Å². The average Bonchev–Trinajstić information content (AvgIpc) is 3.42. The van der Waals surface area contributed by atoms with Crippen LogP contribution in [0, 0.1) is 20.8 Å². The van der Waals surface area contributed by atoms with Gasteiger partial charge in [-0.1, -0.05) is 11.2 Å². The molecule has 3 heterocycles. The zero-order chi connectivity index (χ0) is 20.4. The number of hydrazine groups is 1. The number of hydrogen-bond donors (Lipinski definition) is 3. The van der Waals surface area contributed by atoms with Gasteiger partial charge in [0.1, 0.15) is 18.1 Å². The number of benzene rings is 1. The normalized spacial score (nSPS) is 18.7. The number of carbonyl (C=O) groups excluding carboxylic acids is 1. The van der Waals surface area contributed by atoms with Gasteiger partial charge in [-0.15, -0.1) is 11.3 Å². The highest BCUT2D eigenvalue weighted by atomic mass is 32.1. The van der Waals surface area contributed by atoms with E-state index < -0.39 is 0 Å². The third kappa shape index (κ3) is 4.50. The van der Waals surface area contributed by atoms with Gasteiger partial charge < -0.3 is 14.6 Å². The molecule has 2 atom stereocenters. The maximum Gasteiger partial charge on any atom is 0.252 e. The van der Waals surface area contributed by atoms with E-state index in [0.29, 0.717) is 17.9 Å². The minimum absolute atomic E-state index is 0.137. The molecule has 1 aliphatic rings. The number of nitrogens with one attached hydrogen (secondary N) is 3. The number of rotatable bonds is 6. The highest BCUT2D eigenvalue weighted by Crippen LogP contribution is 2.28. The Balaban J connectivity index is 1.35. The molecule has 2 aromatic heterocycles. The molecule has 0 aliphatic carbocycles. The van der Waals surface area contributed by atoms with Gasteiger partial charge in [0.15, 0.2) is 0 Å². The topological polar surface area (TPSA) is 88.4 Å². The van der Waals surface area contributed by atoms with Gasteiger partial charge in [-0.25, -0.2) is 10.9 Å². The van der Waals surface area contributed by atoms with E-state index in [4.69, 9.17) is 9.26 Å². The van der Waals surface area contributed by atoms with Crippen molar-refractivity contribution in [1.29, 1.82) is 0 Å². The van der Waals surface area contributed by atoms with E-state index in [1.165, 1.54) is 9.75 Å². The van der Waals surface area contributed by atoms with E-state index in [-0.39, 0.29) is 18.1 Å². The molecule has 152 valence electrons. The summed E-state index contributed by atoms with van der Waals surface area (Å²) in [7, 11) is 0. The number of ether oxygens (including phenoxy) is 1. The Labute approximate surface area is 173 Å². The molecular weight excluding hydrogens is 388 g/mol. The Morgan fingerprint density at radius 3 is 2.86 bits per heavy atom. The Morgan fingerprint density at radius 2 is 2.14 bits per heavy atom. The van der Waals surface area contributed by atoms with Crippen LogP contribution in [0.25, 0.3) is 0 Å². The van der Waals surface area contributed by atoms with E-state index in [0.717, 1.165) is 23.4 Å². The van der Waals surface area contributed by atoms with E-state index in [9.17, 15) is 4.79 Å². The van der Waals surface area contributed by atoms with E-state index in [1.807, 2.05) is 26.0 Å². The first-order chi connectivity index (χ1) is 14.0. The minimum atomic E-state index is -0.143. The van der Waals surface area contributed by atoms with Crippen LogP contribution < -0.4 is 20.9 Å². The van der Waals surface area contributed by atoms with Crippen LogP contribution in [0.15, 0.2) is 40.9 Å². The first-order valence-electron chi connectivity index (χ1n) is 9.52. The summed E-state index contributed by atoms with van der Waals surface area (Å²) in [5.41, 5.74) is 8.71. The molecule has 1 amide bonds. The standard InChI is InChI=1S/C21H24N4O3S/c1-12-7-8-19(29-12)18-10-20(24-23-18)22-21(26)15-5-4-6-16(9-15)27-11-17-13(2)25-28-14(17)3/h4-9,18,20,23-24H,10-11H2,1-3H3,(H,22,26). The van der Waals surface area contributed by atoms with Gasteiger partial charge in [0.25, 0.3) is 5.91 Å². The molecule has 29 heavy (non-hydrogen) atoms. The van der Waals surface area contributed by atoms with Crippen LogP contribution in [-0.4, -0.2) is 17.2 Å². The van der Waals surface area contributed by atoms with E-state index in [2.05, 4.69) is 40.4 Å². The fourth-order valence-corrected chi connectivity index (χ4v) is 4.25. The fourth-order valence-electron chi connectivity index (χ4n) is 3.31. The zero-order valence-corrected chi connectivity index (χ0v) is 17.4. The summed E-state index contributed by atoms with van der Waals surface area (Å²) >= 11 is 1.77. The van der Waals surface area contributed by atoms with Crippen LogP contribution in [0.2, 0.25) is 0 Å². The molecule has 7 nitrogen and oxygen atoms in total. The molecule has 1 fully saturated rings. The maximum atomic E-state index is 12.7. The molecule has 0 spiro atoms. The molecule has 3 N–H and O–H groups in total. The Kier molecular flexibility index (Phi) is 5.66. The first-order valence-corrected chi connectivity index (χ1v) is 10.3. The number of hydrogen-bond acceptors (Lipinski definition) is 7. The van der Waals surface area contributed by atoms with Crippen molar-refractivity contribution in [3.8, 4) is 5.75 Å². The van der Waals surface area contributed by atoms with Crippen LogP contribution in [0.4, 0.5) is 0 Å². The van der Waals surface area contributed by atoms with Gasteiger partial charge in [0.05, 0.1) is 23.5 Å². The molecular formula is C21H24N4O3S. The number of amides is 1. The average molecular weight is 413 g/mol. The molecule has 1 aliphatic heterocycles. The predicted molar refractivity (Wildman–Crippen MR) is 111 cm³/mol. The fraction of sp³-hybridized carbons (Fsp3) is 0.333. The van der Waals surface area contributed by atoms with Crippen molar-refractivity contribution in [2.75, 3.05) is 0 Å². The van der Waals surface area contributed by atoms with Crippen molar-refractivity contribution in [2.45, 2.75) is 46.0 Å². The second-order valence-electron chi connectivity index (χ2n) is 7.17. The van der Waals surface area contributed by atoms with Gasteiger partial charge in [-0.3, -0.25) is 4.79 Å². The van der Waals surface area contributed by atoms with Gasteiger partial charge in [0, 0.05) is 21.7 Å². The van der Waals surface area contributed by atoms with E-state index in [1.54, 1.807) is 23.5 Å². The molecule has 3 aromatic rings. The molecule has 0 radical (unpaired) electrons. The van der Waals surface area contributed by atoms with E-state index >= 15 is 0 Å².